The molecule has 1 aliphatic heterocycles. The van der Waals surface area contributed by atoms with E-state index in [0.717, 1.165) is 37.3 Å². The Morgan fingerprint density at radius 3 is 2.84 bits per heavy atom. The number of amides is 1. The number of carbonyl (C=O) groups excluding carboxylic acids is 1. The van der Waals surface area contributed by atoms with E-state index in [0.29, 0.717) is 18.7 Å². The normalized spacial score (nSPS) is 14.7. The van der Waals surface area contributed by atoms with Crippen molar-refractivity contribution in [3.8, 4) is 5.75 Å². The van der Waals surface area contributed by atoms with Crippen LogP contribution in [0.25, 0.3) is 0 Å². The van der Waals surface area contributed by atoms with Gasteiger partial charge in [0.1, 0.15) is 5.75 Å². The van der Waals surface area contributed by atoms with Crippen LogP contribution in [-0.2, 0) is 11.2 Å². The van der Waals surface area contributed by atoms with Crippen LogP contribution in [0, 0.1) is 6.92 Å². The molecule has 0 aromatic carbocycles. The highest BCUT2D eigenvalue weighted by molar-refractivity contribution is 5.78. The second-order valence-corrected chi connectivity index (χ2v) is 4.81. The van der Waals surface area contributed by atoms with E-state index >= 15 is 0 Å². The lowest BCUT2D eigenvalue weighted by Gasteiger charge is -2.16. The first-order valence-corrected chi connectivity index (χ1v) is 6.78. The van der Waals surface area contributed by atoms with Crippen LogP contribution in [0.3, 0.4) is 0 Å². The number of ether oxygens (including phenoxy) is 1. The molecule has 1 amide bonds. The smallest absolute Gasteiger partial charge is 0.260 e. The quantitative estimate of drug-likeness (QED) is 0.856. The predicted molar refractivity (Wildman–Crippen MR) is 73.0 cm³/mol. The van der Waals surface area contributed by atoms with Crippen LogP contribution in [0.15, 0.2) is 12.1 Å². The Morgan fingerprint density at radius 1 is 1.42 bits per heavy atom. The standard InChI is InChI=1S/C14H21N3O2/c1-11-4-5-13(12(16-11)6-7-15)19-10-14(18)17-8-2-3-9-17/h4-5H,2-3,6-10,15H2,1H3. The molecular formula is C14H21N3O2. The van der Waals surface area contributed by atoms with Gasteiger partial charge in [0.25, 0.3) is 5.91 Å². The van der Waals surface area contributed by atoms with Gasteiger partial charge in [-0.25, -0.2) is 0 Å². The molecule has 1 aliphatic rings. The van der Waals surface area contributed by atoms with Gasteiger partial charge in [-0.15, -0.1) is 0 Å². The third-order valence-electron chi connectivity index (χ3n) is 3.26. The van der Waals surface area contributed by atoms with Crippen molar-refractivity contribution in [2.24, 2.45) is 5.73 Å². The van der Waals surface area contributed by atoms with E-state index in [2.05, 4.69) is 4.98 Å². The Kier molecular flexibility index (Phi) is 4.74. The van der Waals surface area contributed by atoms with Crippen molar-refractivity contribution in [1.82, 2.24) is 9.88 Å². The Morgan fingerprint density at radius 2 is 2.16 bits per heavy atom. The second kappa shape index (κ2) is 6.52. The Balaban J connectivity index is 1.96. The molecule has 2 rings (SSSR count). The average Bonchev–Trinajstić information content (AvgIpc) is 2.92. The van der Waals surface area contributed by atoms with Gasteiger partial charge in [0, 0.05) is 25.2 Å². The van der Waals surface area contributed by atoms with Crippen LogP contribution < -0.4 is 10.5 Å². The van der Waals surface area contributed by atoms with Crippen LogP contribution in [0.4, 0.5) is 0 Å². The van der Waals surface area contributed by atoms with E-state index in [9.17, 15) is 4.79 Å². The van der Waals surface area contributed by atoms with Gasteiger partial charge >= 0.3 is 0 Å². The third-order valence-corrected chi connectivity index (χ3v) is 3.26. The van der Waals surface area contributed by atoms with Crippen molar-refractivity contribution in [1.29, 1.82) is 0 Å². The Hall–Kier alpha value is -1.62. The average molecular weight is 263 g/mol. The Bertz CT molecular complexity index is 442. The molecule has 1 fully saturated rings. The minimum absolute atomic E-state index is 0.0526. The van der Waals surface area contributed by atoms with Crippen LogP contribution >= 0.6 is 0 Å². The number of rotatable bonds is 5. The van der Waals surface area contributed by atoms with Crippen molar-refractivity contribution in [3.05, 3.63) is 23.5 Å². The van der Waals surface area contributed by atoms with Crippen molar-refractivity contribution in [2.45, 2.75) is 26.2 Å². The number of nitrogens with zero attached hydrogens (tertiary/aromatic N) is 2. The van der Waals surface area contributed by atoms with Gasteiger partial charge in [-0.3, -0.25) is 9.78 Å². The molecule has 0 aliphatic carbocycles. The van der Waals surface area contributed by atoms with Crippen molar-refractivity contribution >= 4 is 5.91 Å². The summed E-state index contributed by atoms with van der Waals surface area (Å²) in [4.78, 5) is 18.2. The molecule has 0 spiro atoms. The Labute approximate surface area is 113 Å². The number of nitrogens with two attached hydrogens (primary N) is 1. The maximum atomic E-state index is 11.9. The topological polar surface area (TPSA) is 68.5 Å². The number of aromatic nitrogens is 1. The lowest BCUT2D eigenvalue weighted by atomic mass is 10.2. The highest BCUT2D eigenvalue weighted by atomic mass is 16.5. The summed E-state index contributed by atoms with van der Waals surface area (Å²) >= 11 is 0. The van der Waals surface area contributed by atoms with Crippen LogP contribution in [0.5, 0.6) is 5.75 Å². The van der Waals surface area contributed by atoms with Gasteiger partial charge < -0.3 is 15.4 Å². The van der Waals surface area contributed by atoms with Gasteiger partial charge in [0.05, 0.1) is 5.69 Å². The highest BCUT2D eigenvalue weighted by Crippen LogP contribution is 2.17. The van der Waals surface area contributed by atoms with Crippen molar-refractivity contribution < 1.29 is 9.53 Å². The second-order valence-electron chi connectivity index (χ2n) is 4.81. The maximum absolute atomic E-state index is 11.9. The molecule has 0 radical (unpaired) electrons. The summed E-state index contributed by atoms with van der Waals surface area (Å²) < 4.78 is 5.61. The molecular weight excluding hydrogens is 242 g/mol. The van der Waals surface area contributed by atoms with E-state index in [1.807, 2.05) is 24.0 Å². The summed E-state index contributed by atoms with van der Waals surface area (Å²) in [7, 11) is 0. The fourth-order valence-corrected chi connectivity index (χ4v) is 2.24. The zero-order valence-corrected chi connectivity index (χ0v) is 11.4. The first kappa shape index (κ1) is 13.8. The first-order chi connectivity index (χ1) is 9.20. The van der Waals surface area contributed by atoms with Crippen molar-refractivity contribution in [3.63, 3.8) is 0 Å². The summed E-state index contributed by atoms with van der Waals surface area (Å²) in [6.45, 7) is 4.24. The summed E-state index contributed by atoms with van der Waals surface area (Å²) in [5, 5.41) is 0. The van der Waals surface area contributed by atoms with Gasteiger partial charge in [-0.05, 0) is 38.4 Å². The van der Waals surface area contributed by atoms with Crippen LogP contribution in [0.2, 0.25) is 0 Å². The molecule has 1 saturated heterocycles. The first-order valence-electron chi connectivity index (χ1n) is 6.78. The number of aryl methyl sites for hydroxylation is 1. The molecule has 5 nitrogen and oxygen atoms in total. The van der Waals surface area contributed by atoms with Gasteiger partial charge in [-0.2, -0.15) is 0 Å². The molecule has 19 heavy (non-hydrogen) atoms. The molecule has 1 aromatic heterocycles. The van der Waals surface area contributed by atoms with Gasteiger partial charge in [0.2, 0.25) is 0 Å². The number of likely N-dealkylation sites (tertiary alicyclic amines) is 1. The molecule has 0 unspecified atom stereocenters. The third kappa shape index (κ3) is 3.67. The van der Waals surface area contributed by atoms with Crippen molar-refractivity contribution in [2.75, 3.05) is 26.2 Å². The maximum Gasteiger partial charge on any atom is 0.260 e. The van der Waals surface area contributed by atoms with Crippen LogP contribution in [0.1, 0.15) is 24.2 Å². The number of pyridine rings is 1. The molecule has 1 aromatic rings. The van der Waals surface area contributed by atoms with Crippen LogP contribution in [-0.4, -0.2) is 42.0 Å². The molecule has 2 heterocycles. The largest absolute Gasteiger partial charge is 0.482 e. The van der Waals surface area contributed by atoms with E-state index in [1.54, 1.807) is 0 Å². The molecule has 0 saturated carbocycles. The summed E-state index contributed by atoms with van der Waals surface area (Å²) in [5.41, 5.74) is 7.33. The molecule has 104 valence electrons. The summed E-state index contributed by atoms with van der Waals surface area (Å²) in [6.07, 6.45) is 2.85. The summed E-state index contributed by atoms with van der Waals surface area (Å²) in [6, 6.07) is 3.75. The molecule has 0 bridgehead atoms. The number of hydrogen-bond acceptors (Lipinski definition) is 4. The molecule has 2 N–H and O–H groups in total. The monoisotopic (exact) mass is 263 g/mol. The zero-order valence-electron chi connectivity index (χ0n) is 11.4. The fourth-order valence-electron chi connectivity index (χ4n) is 2.24. The van der Waals surface area contributed by atoms with Gasteiger partial charge in [0.15, 0.2) is 6.61 Å². The lowest BCUT2D eigenvalue weighted by molar-refractivity contribution is -0.132. The number of hydrogen-bond donors (Lipinski definition) is 1. The number of carbonyl (C=O) groups is 1. The minimum atomic E-state index is 0.0526. The SMILES string of the molecule is Cc1ccc(OCC(=O)N2CCCC2)c(CCN)n1. The lowest BCUT2D eigenvalue weighted by Crippen LogP contribution is -2.32. The van der Waals surface area contributed by atoms with E-state index < -0.39 is 0 Å². The highest BCUT2D eigenvalue weighted by Gasteiger charge is 2.18. The minimum Gasteiger partial charge on any atom is -0.482 e. The summed E-state index contributed by atoms with van der Waals surface area (Å²) in [5.74, 6) is 0.723. The predicted octanol–water partition coefficient (Wildman–Crippen LogP) is 0.892. The van der Waals surface area contributed by atoms with Gasteiger partial charge in [-0.1, -0.05) is 0 Å². The molecule has 5 heteroatoms. The van der Waals surface area contributed by atoms with E-state index in [-0.39, 0.29) is 12.5 Å². The molecule has 0 atom stereocenters. The van der Waals surface area contributed by atoms with E-state index in [1.165, 1.54) is 0 Å². The fraction of sp³-hybridized carbons (Fsp3) is 0.571. The zero-order chi connectivity index (χ0) is 13.7. The van der Waals surface area contributed by atoms with E-state index in [4.69, 9.17) is 10.5 Å².